The molecule has 0 aliphatic carbocycles. The van der Waals surface area contributed by atoms with Crippen LogP contribution in [0.1, 0.15) is 22.8 Å². The molecule has 7 nitrogen and oxygen atoms in total. The number of likely N-dealkylation sites (N-methyl/N-ethyl adjacent to an activating group) is 1. The van der Waals surface area contributed by atoms with Crippen molar-refractivity contribution in [2.24, 2.45) is 0 Å². The first-order valence-corrected chi connectivity index (χ1v) is 7.78. The normalized spacial score (nSPS) is 13.6. The molecular weight excluding hydrogens is 355 g/mol. The number of carbonyl (C=O) groups is 2. The zero-order chi connectivity index (χ0) is 18.9. The number of hydrogen-bond acceptors (Lipinski definition) is 5. The molecule has 0 fully saturated rings. The zero-order valence-electron chi connectivity index (χ0n) is 12.8. The van der Waals surface area contributed by atoms with Crippen molar-refractivity contribution < 1.29 is 41.0 Å². The van der Waals surface area contributed by atoms with Crippen LogP contribution in [0.15, 0.2) is 23.1 Å². The van der Waals surface area contributed by atoms with Gasteiger partial charge in [0.15, 0.2) is 0 Å². The molecule has 0 radical (unpaired) electrons. The van der Waals surface area contributed by atoms with Crippen LogP contribution in [0.5, 0.6) is 0 Å². The molecule has 1 N–H and O–H groups in total. The van der Waals surface area contributed by atoms with Crippen LogP contribution in [0.3, 0.4) is 0 Å². The maximum atomic E-state index is 13.1. The highest BCUT2D eigenvalue weighted by molar-refractivity contribution is 7.89. The summed E-state index contributed by atoms with van der Waals surface area (Å²) < 4.78 is 68.5. The number of benzene rings is 1. The minimum atomic E-state index is -5.01. The van der Waals surface area contributed by atoms with E-state index in [-0.39, 0.29) is 6.07 Å². The van der Waals surface area contributed by atoms with Gasteiger partial charge in [0.2, 0.25) is 10.0 Å². The Balaban J connectivity index is 3.52. The van der Waals surface area contributed by atoms with Crippen LogP contribution in [-0.4, -0.2) is 50.0 Å². The van der Waals surface area contributed by atoms with E-state index in [1.807, 2.05) is 0 Å². The summed E-state index contributed by atoms with van der Waals surface area (Å²) in [6, 6.07) is 0.222. The van der Waals surface area contributed by atoms with Crippen molar-refractivity contribution in [3.05, 3.63) is 29.3 Å². The van der Waals surface area contributed by atoms with Gasteiger partial charge < -0.3 is 9.84 Å². The van der Waals surface area contributed by atoms with Crippen molar-refractivity contribution in [2.45, 2.75) is 24.0 Å². The molecule has 1 rings (SSSR count). The Bertz CT molecular complexity index is 759. The molecule has 134 valence electrons. The Morgan fingerprint density at radius 2 is 1.83 bits per heavy atom. The van der Waals surface area contributed by atoms with Crippen molar-refractivity contribution in [1.82, 2.24) is 4.31 Å². The largest absolute Gasteiger partial charge is 0.480 e. The topological polar surface area (TPSA) is 101 Å². The van der Waals surface area contributed by atoms with Gasteiger partial charge >= 0.3 is 18.1 Å². The Labute approximate surface area is 135 Å². The number of alkyl halides is 3. The van der Waals surface area contributed by atoms with Crippen molar-refractivity contribution in [2.75, 3.05) is 14.2 Å². The Morgan fingerprint density at radius 3 is 2.25 bits per heavy atom. The molecule has 24 heavy (non-hydrogen) atoms. The molecule has 0 heterocycles. The third-order valence-corrected chi connectivity index (χ3v) is 5.21. The molecule has 0 bridgehead atoms. The molecule has 0 aliphatic heterocycles. The summed E-state index contributed by atoms with van der Waals surface area (Å²) in [5, 5.41) is 8.85. The Hall–Kier alpha value is -2.14. The fraction of sp³-hybridized carbons (Fsp3) is 0.385. The molecular formula is C13H14F3NO6S. The first-order valence-electron chi connectivity index (χ1n) is 6.34. The highest BCUT2D eigenvalue weighted by Gasteiger charge is 2.38. The summed E-state index contributed by atoms with van der Waals surface area (Å²) in [6.07, 6.45) is -5.01. The minimum Gasteiger partial charge on any atom is -0.480 e. The summed E-state index contributed by atoms with van der Waals surface area (Å²) in [5.74, 6) is -2.75. The van der Waals surface area contributed by atoms with E-state index in [2.05, 4.69) is 4.74 Å². The van der Waals surface area contributed by atoms with E-state index in [1.165, 1.54) is 0 Å². The van der Waals surface area contributed by atoms with E-state index in [1.54, 1.807) is 0 Å². The van der Waals surface area contributed by atoms with Gasteiger partial charge in [0.05, 0.1) is 23.1 Å². The van der Waals surface area contributed by atoms with Gasteiger partial charge in [-0.05, 0) is 25.1 Å². The van der Waals surface area contributed by atoms with Crippen LogP contribution in [-0.2, 0) is 25.7 Å². The quantitative estimate of drug-likeness (QED) is 0.791. The summed E-state index contributed by atoms with van der Waals surface area (Å²) in [6.45, 7) is 1.06. The molecule has 0 amide bonds. The average Bonchev–Trinajstić information content (AvgIpc) is 2.50. The smallest absolute Gasteiger partial charge is 0.417 e. The second kappa shape index (κ2) is 6.77. The molecule has 1 aromatic rings. The number of ether oxygens (including phenoxy) is 1. The number of carboxylic acid groups (broad SMARTS) is 1. The number of methoxy groups -OCH3 is 1. The lowest BCUT2D eigenvalue weighted by Crippen LogP contribution is -2.40. The fourth-order valence-corrected chi connectivity index (χ4v) is 3.08. The van der Waals surface area contributed by atoms with E-state index >= 15 is 0 Å². The highest BCUT2D eigenvalue weighted by atomic mass is 32.2. The van der Waals surface area contributed by atoms with Gasteiger partial charge in [0, 0.05) is 7.05 Å². The Kier molecular flexibility index (Phi) is 5.62. The third kappa shape index (κ3) is 3.85. The highest BCUT2D eigenvalue weighted by Crippen LogP contribution is 2.34. The standard InChI is InChI=1S/C13H14F3NO6S/c1-7(11(18)19)17(2)24(21,22)8-4-5-9(12(20)23-3)10(6-8)13(14,15)16/h4-7H,1-3H3,(H,18,19)/t7-/m0/s1. The van der Waals surface area contributed by atoms with Crippen LogP contribution >= 0.6 is 0 Å². The number of nitrogens with zero attached hydrogens (tertiary/aromatic N) is 1. The van der Waals surface area contributed by atoms with E-state index < -0.39 is 50.2 Å². The lowest BCUT2D eigenvalue weighted by molar-refractivity contribution is -0.140. The third-order valence-electron chi connectivity index (χ3n) is 3.28. The van der Waals surface area contributed by atoms with Gasteiger partial charge in [-0.2, -0.15) is 17.5 Å². The first-order chi connectivity index (χ1) is 10.8. The lowest BCUT2D eigenvalue weighted by atomic mass is 10.1. The van der Waals surface area contributed by atoms with Crippen molar-refractivity contribution in [3.8, 4) is 0 Å². The second-order valence-corrected chi connectivity index (χ2v) is 6.73. The Morgan fingerprint density at radius 1 is 1.29 bits per heavy atom. The zero-order valence-corrected chi connectivity index (χ0v) is 13.6. The van der Waals surface area contributed by atoms with Gasteiger partial charge in [0.25, 0.3) is 0 Å². The summed E-state index contributed by atoms with van der Waals surface area (Å²) in [7, 11) is -2.70. The van der Waals surface area contributed by atoms with E-state index in [0.29, 0.717) is 10.4 Å². The molecule has 1 atom stereocenters. The van der Waals surface area contributed by atoms with Gasteiger partial charge in [-0.25, -0.2) is 13.2 Å². The molecule has 11 heteroatoms. The number of sulfonamides is 1. The number of aliphatic carboxylic acids is 1. The second-order valence-electron chi connectivity index (χ2n) is 4.73. The number of esters is 1. The maximum Gasteiger partial charge on any atom is 0.417 e. The van der Waals surface area contributed by atoms with Crippen LogP contribution in [0, 0.1) is 0 Å². The van der Waals surface area contributed by atoms with Crippen LogP contribution in [0.2, 0.25) is 0 Å². The molecule has 0 unspecified atom stereocenters. The molecule has 1 aromatic carbocycles. The molecule has 0 aliphatic rings. The van der Waals surface area contributed by atoms with Crippen LogP contribution in [0.4, 0.5) is 13.2 Å². The van der Waals surface area contributed by atoms with E-state index in [4.69, 9.17) is 5.11 Å². The monoisotopic (exact) mass is 369 g/mol. The molecule has 0 saturated carbocycles. The van der Waals surface area contributed by atoms with Gasteiger partial charge in [-0.3, -0.25) is 4.79 Å². The first kappa shape index (κ1) is 19.9. The molecule has 0 aromatic heterocycles. The summed E-state index contributed by atoms with van der Waals surface area (Å²) >= 11 is 0. The van der Waals surface area contributed by atoms with E-state index in [9.17, 15) is 31.2 Å². The average molecular weight is 369 g/mol. The summed E-state index contributed by atoms with van der Waals surface area (Å²) in [4.78, 5) is 21.5. The van der Waals surface area contributed by atoms with Gasteiger partial charge in [0.1, 0.15) is 6.04 Å². The van der Waals surface area contributed by atoms with Gasteiger partial charge in [-0.15, -0.1) is 0 Å². The minimum absolute atomic E-state index is 0.270. The number of carboxylic acids is 1. The van der Waals surface area contributed by atoms with Crippen molar-refractivity contribution in [1.29, 1.82) is 0 Å². The number of halogens is 3. The van der Waals surface area contributed by atoms with Crippen LogP contribution in [0.25, 0.3) is 0 Å². The summed E-state index contributed by atoms with van der Waals surface area (Å²) in [5.41, 5.74) is -2.34. The van der Waals surface area contributed by atoms with E-state index in [0.717, 1.165) is 27.1 Å². The van der Waals surface area contributed by atoms with Crippen LogP contribution < -0.4 is 0 Å². The number of rotatable bonds is 5. The predicted octanol–water partition coefficient (Wildman–Crippen LogP) is 1.59. The lowest BCUT2D eigenvalue weighted by Gasteiger charge is -2.22. The van der Waals surface area contributed by atoms with Crippen molar-refractivity contribution >= 4 is 22.0 Å². The molecule has 0 spiro atoms. The molecule has 0 saturated heterocycles. The predicted molar refractivity (Wildman–Crippen MR) is 74.8 cm³/mol. The SMILES string of the molecule is COC(=O)c1ccc(S(=O)(=O)N(C)[C@@H](C)C(=O)O)cc1C(F)(F)F. The van der Waals surface area contributed by atoms with Gasteiger partial charge in [-0.1, -0.05) is 0 Å². The maximum absolute atomic E-state index is 13.1. The number of carbonyl (C=O) groups excluding carboxylic acids is 1. The fourth-order valence-electron chi connectivity index (χ4n) is 1.74. The van der Waals surface area contributed by atoms with Crippen molar-refractivity contribution in [3.63, 3.8) is 0 Å². The number of hydrogen-bond donors (Lipinski definition) is 1.